The molecule has 4 heteroatoms. The number of rotatable bonds is 7. The van der Waals surface area contributed by atoms with Crippen LogP contribution in [-0.4, -0.2) is 44.9 Å². The van der Waals surface area contributed by atoms with E-state index in [1.165, 1.54) is 18.4 Å². The Hall–Kier alpha value is -1.42. The molecule has 1 aliphatic heterocycles. The standard InChI is InChI=1S/C17H27NO3/c1-5-9-18(10-6-2)14-11-13-7-8-15(19-3)17(20-4)16(13)21-12-14/h7-8,14H,5-6,9-12H2,1-4H3. The lowest BCUT2D eigenvalue weighted by Gasteiger charge is -2.35. The molecule has 0 spiro atoms. The van der Waals surface area contributed by atoms with Crippen LogP contribution in [0.3, 0.4) is 0 Å². The predicted molar refractivity (Wildman–Crippen MR) is 84.7 cm³/mol. The first-order valence-electron chi connectivity index (χ1n) is 7.85. The van der Waals surface area contributed by atoms with Crippen LogP contribution in [0, 0.1) is 0 Å². The van der Waals surface area contributed by atoms with Crippen molar-refractivity contribution in [2.75, 3.05) is 33.9 Å². The summed E-state index contributed by atoms with van der Waals surface area (Å²) in [5.41, 5.74) is 1.21. The van der Waals surface area contributed by atoms with Gasteiger partial charge in [-0.05, 0) is 44.0 Å². The van der Waals surface area contributed by atoms with Gasteiger partial charge in [-0.3, -0.25) is 4.90 Å². The largest absolute Gasteiger partial charge is 0.493 e. The Morgan fingerprint density at radius 1 is 1.14 bits per heavy atom. The van der Waals surface area contributed by atoms with Gasteiger partial charge in [0, 0.05) is 6.04 Å². The van der Waals surface area contributed by atoms with E-state index in [9.17, 15) is 0 Å². The van der Waals surface area contributed by atoms with Crippen molar-refractivity contribution in [2.24, 2.45) is 0 Å². The van der Waals surface area contributed by atoms with Crippen molar-refractivity contribution < 1.29 is 14.2 Å². The van der Waals surface area contributed by atoms with E-state index in [4.69, 9.17) is 14.2 Å². The quantitative estimate of drug-likeness (QED) is 0.773. The lowest BCUT2D eigenvalue weighted by atomic mass is 10.00. The number of fused-ring (bicyclic) bond motifs is 1. The van der Waals surface area contributed by atoms with E-state index in [1.54, 1.807) is 14.2 Å². The van der Waals surface area contributed by atoms with Crippen LogP contribution in [0.15, 0.2) is 12.1 Å². The van der Waals surface area contributed by atoms with Crippen LogP contribution in [0.25, 0.3) is 0 Å². The van der Waals surface area contributed by atoms with Crippen molar-refractivity contribution in [3.05, 3.63) is 17.7 Å². The van der Waals surface area contributed by atoms with E-state index < -0.39 is 0 Å². The molecule has 21 heavy (non-hydrogen) atoms. The fourth-order valence-corrected chi connectivity index (χ4v) is 3.04. The van der Waals surface area contributed by atoms with Crippen LogP contribution >= 0.6 is 0 Å². The third-order valence-corrected chi connectivity index (χ3v) is 4.00. The second-order valence-electron chi connectivity index (χ2n) is 5.49. The molecule has 1 heterocycles. The van der Waals surface area contributed by atoms with Gasteiger partial charge in [0.05, 0.1) is 14.2 Å². The average molecular weight is 293 g/mol. The lowest BCUT2D eigenvalue weighted by molar-refractivity contribution is 0.116. The Bertz CT molecular complexity index is 456. The summed E-state index contributed by atoms with van der Waals surface area (Å²) in [6.45, 7) is 7.44. The average Bonchev–Trinajstić information content (AvgIpc) is 2.52. The molecule has 0 N–H and O–H groups in total. The molecule has 1 aromatic carbocycles. The van der Waals surface area contributed by atoms with E-state index in [0.717, 1.165) is 37.6 Å². The molecule has 1 unspecified atom stereocenters. The van der Waals surface area contributed by atoms with Gasteiger partial charge in [0.2, 0.25) is 5.75 Å². The monoisotopic (exact) mass is 293 g/mol. The van der Waals surface area contributed by atoms with Gasteiger partial charge in [-0.25, -0.2) is 0 Å². The zero-order valence-corrected chi connectivity index (χ0v) is 13.6. The molecule has 118 valence electrons. The summed E-state index contributed by atoms with van der Waals surface area (Å²) in [6, 6.07) is 4.52. The number of hydrogen-bond donors (Lipinski definition) is 0. The third-order valence-electron chi connectivity index (χ3n) is 4.00. The van der Waals surface area contributed by atoms with E-state index in [2.05, 4.69) is 24.8 Å². The van der Waals surface area contributed by atoms with Gasteiger partial charge in [-0.15, -0.1) is 0 Å². The third kappa shape index (κ3) is 3.43. The minimum absolute atomic E-state index is 0.454. The minimum atomic E-state index is 0.454. The van der Waals surface area contributed by atoms with Crippen molar-refractivity contribution in [1.82, 2.24) is 4.90 Å². The minimum Gasteiger partial charge on any atom is -0.493 e. The van der Waals surface area contributed by atoms with Crippen molar-refractivity contribution in [3.8, 4) is 17.2 Å². The van der Waals surface area contributed by atoms with Gasteiger partial charge in [0.25, 0.3) is 0 Å². The van der Waals surface area contributed by atoms with Crippen LogP contribution < -0.4 is 14.2 Å². The first-order valence-corrected chi connectivity index (χ1v) is 7.85. The molecule has 0 fully saturated rings. The molecule has 4 nitrogen and oxygen atoms in total. The first kappa shape index (κ1) is 16.0. The molecular weight excluding hydrogens is 266 g/mol. The summed E-state index contributed by atoms with van der Waals surface area (Å²) in [5.74, 6) is 2.29. The molecule has 2 rings (SSSR count). The van der Waals surface area contributed by atoms with Crippen molar-refractivity contribution in [1.29, 1.82) is 0 Å². The maximum atomic E-state index is 6.03. The topological polar surface area (TPSA) is 30.9 Å². The summed E-state index contributed by atoms with van der Waals surface area (Å²) < 4.78 is 16.8. The molecule has 0 saturated carbocycles. The van der Waals surface area contributed by atoms with Gasteiger partial charge in [0.15, 0.2) is 11.5 Å². The van der Waals surface area contributed by atoms with E-state index in [1.807, 2.05) is 6.07 Å². The summed E-state index contributed by atoms with van der Waals surface area (Å²) in [4.78, 5) is 2.54. The summed E-state index contributed by atoms with van der Waals surface area (Å²) >= 11 is 0. The Kier molecular flexibility index (Phi) is 5.74. The zero-order chi connectivity index (χ0) is 15.2. The molecule has 0 bridgehead atoms. The second-order valence-corrected chi connectivity index (χ2v) is 5.49. The molecule has 0 aromatic heterocycles. The van der Waals surface area contributed by atoms with Crippen LogP contribution in [0.2, 0.25) is 0 Å². The lowest BCUT2D eigenvalue weighted by Crippen LogP contribution is -2.44. The van der Waals surface area contributed by atoms with Crippen LogP contribution in [0.1, 0.15) is 32.3 Å². The SMILES string of the molecule is CCCN(CCC)C1COc2c(ccc(OC)c2OC)C1. The fourth-order valence-electron chi connectivity index (χ4n) is 3.04. The van der Waals surface area contributed by atoms with E-state index >= 15 is 0 Å². The maximum Gasteiger partial charge on any atom is 0.203 e. The van der Waals surface area contributed by atoms with Crippen LogP contribution in [0.4, 0.5) is 0 Å². The molecule has 1 aliphatic rings. The van der Waals surface area contributed by atoms with Crippen LogP contribution in [0.5, 0.6) is 17.2 Å². The number of hydrogen-bond acceptors (Lipinski definition) is 4. The van der Waals surface area contributed by atoms with Crippen molar-refractivity contribution in [2.45, 2.75) is 39.2 Å². The first-order chi connectivity index (χ1) is 10.2. The van der Waals surface area contributed by atoms with E-state index in [0.29, 0.717) is 11.8 Å². The number of methoxy groups -OCH3 is 2. The maximum absolute atomic E-state index is 6.03. The fraction of sp³-hybridized carbons (Fsp3) is 0.647. The molecular formula is C17H27NO3. The Balaban J connectivity index is 2.20. The smallest absolute Gasteiger partial charge is 0.203 e. The predicted octanol–water partition coefficient (Wildman–Crippen LogP) is 3.13. The zero-order valence-electron chi connectivity index (χ0n) is 13.6. The van der Waals surface area contributed by atoms with Gasteiger partial charge in [-0.1, -0.05) is 19.9 Å². The van der Waals surface area contributed by atoms with Gasteiger partial charge in [0.1, 0.15) is 6.61 Å². The molecule has 1 atom stereocenters. The number of benzene rings is 1. The molecule has 1 aromatic rings. The number of ether oxygens (including phenoxy) is 3. The van der Waals surface area contributed by atoms with Gasteiger partial charge < -0.3 is 14.2 Å². The molecule has 0 saturated heterocycles. The van der Waals surface area contributed by atoms with Gasteiger partial charge >= 0.3 is 0 Å². The number of nitrogens with zero attached hydrogens (tertiary/aromatic N) is 1. The van der Waals surface area contributed by atoms with Crippen molar-refractivity contribution in [3.63, 3.8) is 0 Å². The summed E-state index contributed by atoms with van der Waals surface area (Å²) in [7, 11) is 3.31. The summed E-state index contributed by atoms with van der Waals surface area (Å²) in [5, 5.41) is 0. The van der Waals surface area contributed by atoms with Crippen LogP contribution in [-0.2, 0) is 6.42 Å². The second kappa shape index (κ2) is 7.55. The Morgan fingerprint density at radius 2 is 1.86 bits per heavy atom. The Morgan fingerprint density at radius 3 is 2.43 bits per heavy atom. The van der Waals surface area contributed by atoms with E-state index in [-0.39, 0.29) is 0 Å². The molecule has 0 amide bonds. The Labute approximate surface area is 128 Å². The highest BCUT2D eigenvalue weighted by Crippen LogP contribution is 2.42. The normalized spacial score (nSPS) is 17.3. The highest BCUT2D eigenvalue weighted by atomic mass is 16.5. The van der Waals surface area contributed by atoms with Gasteiger partial charge in [-0.2, -0.15) is 0 Å². The summed E-state index contributed by atoms with van der Waals surface area (Å²) in [6.07, 6.45) is 3.36. The molecule has 0 aliphatic carbocycles. The highest BCUT2D eigenvalue weighted by molar-refractivity contribution is 5.56. The van der Waals surface area contributed by atoms with Crippen molar-refractivity contribution >= 4 is 0 Å². The molecule has 0 radical (unpaired) electrons. The highest BCUT2D eigenvalue weighted by Gasteiger charge is 2.28.